The lowest BCUT2D eigenvalue weighted by atomic mass is 10.1. The van der Waals surface area contributed by atoms with Crippen LogP contribution in [-0.4, -0.2) is 11.3 Å². The van der Waals surface area contributed by atoms with E-state index < -0.39 is 0 Å². The summed E-state index contributed by atoms with van der Waals surface area (Å²) in [4.78, 5) is 0. The monoisotopic (exact) mass is 311 g/mol. The largest absolute Gasteiger partial charge is 0.331 e. The van der Waals surface area contributed by atoms with Gasteiger partial charge in [-0.3, -0.25) is 5.43 Å². The molecule has 0 aliphatic carbocycles. The summed E-state index contributed by atoms with van der Waals surface area (Å²) in [5, 5.41) is 7.81. The van der Waals surface area contributed by atoms with Crippen LogP contribution in [0.1, 0.15) is 29.2 Å². The molecule has 0 atom stereocenters. The first kappa shape index (κ1) is 16.2. The average molecular weight is 311 g/mol. The van der Waals surface area contributed by atoms with Crippen LogP contribution < -0.4 is 10.7 Å². The lowest BCUT2D eigenvalue weighted by molar-refractivity contribution is 1.05. The van der Waals surface area contributed by atoms with E-state index in [-0.39, 0.29) is 0 Å². The van der Waals surface area contributed by atoms with Crippen LogP contribution in [0.5, 0.6) is 0 Å². The molecule has 22 heavy (non-hydrogen) atoms. The summed E-state index contributed by atoms with van der Waals surface area (Å²) < 4.78 is 0. The fraction of sp³-hybridized carbons (Fsp3) is 0.222. The van der Waals surface area contributed by atoms with Crippen LogP contribution in [0, 0.1) is 13.8 Å². The summed E-state index contributed by atoms with van der Waals surface area (Å²) in [7, 11) is 0. The molecule has 0 aromatic heterocycles. The van der Waals surface area contributed by atoms with Crippen LogP contribution >= 0.6 is 12.2 Å². The molecule has 0 saturated heterocycles. The van der Waals surface area contributed by atoms with Gasteiger partial charge in [-0.15, -0.1) is 0 Å². The van der Waals surface area contributed by atoms with Gasteiger partial charge in [0.1, 0.15) is 0 Å². The molecule has 114 valence electrons. The van der Waals surface area contributed by atoms with Gasteiger partial charge in [0.2, 0.25) is 0 Å². The predicted octanol–water partition coefficient (Wildman–Crippen LogP) is 4.19. The minimum atomic E-state index is 0.482. The van der Waals surface area contributed by atoms with Crippen LogP contribution in [0.25, 0.3) is 0 Å². The van der Waals surface area contributed by atoms with Crippen molar-refractivity contribution in [2.24, 2.45) is 5.10 Å². The van der Waals surface area contributed by atoms with Crippen molar-refractivity contribution in [3.8, 4) is 0 Å². The van der Waals surface area contributed by atoms with E-state index in [1.807, 2.05) is 24.3 Å². The molecule has 3 nitrogen and oxygen atoms in total. The SMILES string of the molecule is CCc1ccc(/C=N\NC(=S)Nc2cccc(C)c2C)cc1. The zero-order valence-electron chi connectivity index (χ0n) is 13.2. The molecule has 2 aromatic rings. The van der Waals surface area contributed by atoms with Crippen LogP contribution in [0.2, 0.25) is 0 Å². The van der Waals surface area contributed by atoms with Crippen molar-refractivity contribution < 1.29 is 0 Å². The van der Waals surface area contributed by atoms with E-state index in [0.717, 1.165) is 17.7 Å². The Labute approximate surface area is 137 Å². The molecule has 0 saturated carbocycles. The van der Waals surface area contributed by atoms with Crippen molar-refractivity contribution in [1.29, 1.82) is 0 Å². The van der Waals surface area contributed by atoms with Gasteiger partial charge in [-0.2, -0.15) is 5.10 Å². The highest BCUT2D eigenvalue weighted by Crippen LogP contribution is 2.17. The zero-order valence-corrected chi connectivity index (χ0v) is 14.0. The Balaban J connectivity index is 1.91. The van der Waals surface area contributed by atoms with E-state index >= 15 is 0 Å². The maximum absolute atomic E-state index is 5.26. The Bertz CT molecular complexity index is 675. The number of anilines is 1. The number of thiocarbonyl (C=S) groups is 1. The predicted molar refractivity (Wildman–Crippen MR) is 98.7 cm³/mol. The topological polar surface area (TPSA) is 36.4 Å². The number of nitrogens with zero attached hydrogens (tertiary/aromatic N) is 1. The molecule has 0 aliphatic rings. The first-order valence-electron chi connectivity index (χ1n) is 7.35. The maximum Gasteiger partial charge on any atom is 0.191 e. The lowest BCUT2D eigenvalue weighted by Gasteiger charge is -2.11. The van der Waals surface area contributed by atoms with Gasteiger partial charge in [-0.25, -0.2) is 0 Å². The third-order valence-corrected chi connectivity index (χ3v) is 3.81. The second-order valence-corrected chi connectivity index (χ2v) is 5.57. The van der Waals surface area contributed by atoms with Gasteiger partial charge in [-0.1, -0.05) is 43.3 Å². The smallest absolute Gasteiger partial charge is 0.191 e. The standard InChI is InChI=1S/C18H21N3S/c1-4-15-8-10-16(11-9-15)12-19-21-18(22)20-17-7-5-6-13(2)14(17)3/h5-12H,4H2,1-3H3,(H2,20,21,22)/b19-12-. The highest BCUT2D eigenvalue weighted by atomic mass is 32.1. The van der Waals surface area contributed by atoms with E-state index in [4.69, 9.17) is 12.2 Å². The molecule has 0 fully saturated rings. The molecule has 0 heterocycles. The number of rotatable bonds is 4. The Morgan fingerprint density at radius 2 is 1.86 bits per heavy atom. The van der Waals surface area contributed by atoms with Gasteiger partial charge in [-0.05, 0) is 60.8 Å². The Hall–Kier alpha value is -2.20. The summed E-state index contributed by atoms with van der Waals surface area (Å²) >= 11 is 5.26. The fourth-order valence-corrected chi connectivity index (χ4v) is 2.20. The van der Waals surface area contributed by atoms with E-state index in [2.05, 4.69) is 54.8 Å². The summed E-state index contributed by atoms with van der Waals surface area (Å²) in [6.45, 7) is 6.29. The van der Waals surface area contributed by atoms with Gasteiger partial charge in [0, 0.05) is 5.69 Å². The first-order chi connectivity index (χ1) is 10.6. The van der Waals surface area contributed by atoms with Gasteiger partial charge in [0.15, 0.2) is 5.11 Å². The molecule has 0 amide bonds. The third-order valence-electron chi connectivity index (χ3n) is 3.62. The molecule has 2 rings (SSSR count). The summed E-state index contributed by atoms with van der Waals surface area (Å²) in [6.07, 6.45) is 2.80. The molecule has 0 bridgehead atoms. The van der Waals surface area contributed by atoms with Crippen LogP contribution in [0.15, 0.2) is 47.6 Å². The van der Waals surface area contributed by atoms with Gasteiger partial charge in [0.25, 0.3) is 0 Å². The molecular weight excluding hydrogens is 290 g/mol. The molecule has 2 N–H and O–H groups in total. The van der Waals surface area contributed by atoms with Crippen molar-refractivity contribution >= 4 is 29.2 Å². The van der Waals surface area contributed by atoms with Crippen molar-refractivity contribution in [3.63, 3.8) is 0 Å². The zero-order chi connectivity index (χ0) is 15.9. The summed E-state index contributed by atoms with van der Waals surface area (Å²) in [5.41, 5.74) is 8.62. The second kappa shape index (κ2) is 7.71. The van der Waals surface area contributed by atoms with E-state index in [0.29, 0.717) is 5.11 Å². The number of benzene rings is 2. The van der Waals surface area contributed by atoms with E-state index in [1.165, 1.54) is 16.7 Å². The number of aryl methyl sites for hydroxylation is 2. The van der Waals surface area contributed by atoms with E-state index in [1.54, 1.807) is 6.21 Å². The molecular formula is C18H21N3S. The van der Waals surface area contributed by atoms with Crippen molar-refractivity contribution in [3.05, 3.63) is 64.7 Å². The quantitative estimate of drug-likeness (QED) is 0.505. The highest BCUT2D eigenvalue weighted by molar-refractivity contribution is 7.80. The van der Waals surface area contributed by atoms with Crippen LogP contribution in [0.4, 0.5) is 5.69 Å². The molecule has 0 unspecified atom stereocenters. The highest BCUT2D eigenvalue weighted by Gasteiger charge is 2.01. The second-order valence-electron chi connectivity index (χ2n) is 5.17. The Morgan fingerprint density at radius 1 is 1.14 bits per heavy atom. The fourth-order valence-electron chi connectivity index (χ4n) is 2.04. The van der Waals surface area contributed by atoms with Crippen molar-refractivity contribution in [1.82, 2.24) is 5.43 Å². The minimum Gasteiger partial charge on any atom is -0.331 e. The van der Waals surface area contributed by atoms with Crippen LogP contribution in [0.3, 0.4) is 0 Å². The van der Waals surface area contributed by atoms with Gasteiger partial charge in [0.05, 0.1) is 6.21 Å². The number of nitrogens with one attached hydrogen (secondary N) is 2. The van der Waals surface area contributed by atoms with Crippen LogP contribution in [-0.2, 0) is 6.42 Å². The summed E-state index contributed by atoms with van der Waals surface area (Å²) in [6, 6.07) is 14.4. The number of hydrogen-bond acceptors (Lipinski definition) is 2. The average Bonchev–Trinajstić information content (AvgIpc) is 2.52. The molecule has 0 aliphatic heterocycles. The normalized spacial score (nSPS) is 10.7. The molecule has 4 heteroatoms. The van der Waals surface area contributed by atoms with Crippen molar-refractivity contribution in [2.75, 3.05) is 5.32 Å². The summed E-state index contributed by atoms with van der Waals surface area (Å²) in [5.74, 6) is 0. The number of hydrazone groups is 1. The molecule has 2 aromatic carbocycles. The number of hydrogen-bond donors (Lipinski definition) is 2. The molecule has 0 radical (unpaired) electrons. The maximum atomic E-state index is 5.26. The van der Waals surface area contributed by atoms with Gasteiger partial charge >= 0.3 is 0 Å². The van der Waals surface area contributed by atoms with Crippen molar-refractivity contribution in [2.45, 2.75) is 27.2 Å². The molecule has 0 spiro atoms. The lowest BCUT2D eigenvalue weighted by Crippen LogP contribution is -2.24. The first-order valence-corrected chi connectivity index (χ1v) is 7.76. The van der Waals surface area contributed by atoms with E-state index in [9.17, 15) is 0 Å². The third kappa shape index (κ3) is 4.40. The minimum absolute atomic E-state index is 0.482. The Kier molecular flexibility index (Phi) is 5.67. The Morgan fingerprint density at radius 3 is 2.55 bits per heavy atom. The van der Waals surface area contributed by atoms with Gasteiger partial charge < -0.3 is 5.32 Å².